The molecule has 0 aromatic carbocycles. The molecule has 0 heterocycles. The van der Waals surface area contributed by atoms with Gasteiger partial charge in [0, 0.05) is 13.5 Å². The Morgan fingerprint density at radius 1 is 1.33 bits per heavy atom. The van der Waals surface area contributed by atoms with Crippen molar-refractivity contribution < 1.29 is 9.63 Å². The fourth-order valence-electron chi connectivity index (χ4n) is 1.32. The zero-order valence-corrected chi connectivity index (χ0v) is 10.8. The average molecular weight is 215 g/mol. The molecule has 15 heavy (non-hydrogen) atoms. The van der Waals surface area contributed by atoms with Gasteiger partial charge in [0.1, 0.15) is 0 Å². The Balaban J connectivity index is 3.59. The van der Waals surface area contributed by atoms with Crippen LogP contribution in [-0.2, 0) is 9.63 Å². The SMILES string of the molecule is CCC(C)(C)CCCCC(=O)N(C)OC. The molecule has 3 heteroatoms. The van der Waals surface area contributed by atoms with Crippen LogP contribution in [0.15, 0.2) is 0 Å². The summed E-state index contributed by atoms with van der Waals surface area (Å²) >= 11 is 0. The van der Waals surface area contributed by atoms with Gasteiger partial charge in [-0.05, 0) is 18.3 Å². The highest BCUT2D eigenvalue weighted by Gasteiger charge is 2.14. The summed E-state index contributed by atoms with van der Waals surface area (Å²) in [6.07, 6.45) is 5.04. The van der Waals surface area contributed by atoms with Crippen molar-refractivity contribution in [2.45, 2.75) is 52.9 Å². The van der Waals surface area contributed by atoms with E-state index in [2.05, 4.69) is 20.8 Å². The lowest BCUT2D eigenvalue weighted by Crippen LogP contribution is -2.25. The van der Waals surface area contributed by atoms with E-state index in [4.69, 9.17) is 4.84 Å². The molecule has 0 fully saturated rings. The number of carbonyl (C=O) groups is 1. The minimum absolute atomic E-state index is 0.0619. The third-order valence-corrected chi connectivity index (χ3v) is 3.08. The van der Waals surface area contributed by atoms with Crippen LogP contribution < -0.4 is 0 Å². The van der Waals surface area contributed by atoms with Gasteiger partial charge in [0.15, 0.2) is 0 Å². The summed E-state index contributed by atoms with van der Waals surface area (Å²) in [5.74, 6) is 0.0619. The van der Waals surface area contributed by atoms with E-state index < -0.39 is 0 Å². The van der Waals surface area contributed by atoms with E-state index in [-0.39, 0.29) is 5.91 Å². The maximum Gasteiger partial charge on any atom is 0.245 e. The van der Waals surface area contributed by atoms with Crippen molar-refractivity contribution in [1.82, 2.24) is 5.06 Å². The minimum atomic E-state index is 0.0619. The predicted molar refractivity (Wildman–Crippen MR) is 62.3 cm³/mol. The van der Waals surface area contributed by atoms with Crippen LogP contribution in [0.5, 0.6) is 0 Å². The molecule has 0 bridgehead atoms. The lowest BCUT2D eigenvalue weighted by atomic mass is 9.84. The van der Waals surface area contributed by atoms with Crippen molar-refractivity contribution in [2.24, 2.45) is 5.41 Å². The van der Waals surface area contributed by atoms with Crippen LogP contribution >= 0.6 is 0 Å². The van der Waals surface area contributed by atoms with Gasteiger partial charge in [0.05, 0.1) is 7.11 Å². The first-order chi connectivity index (χ1) is 6.93. The molecule has 0 rings (SSSR count). The van der Waals surface area contributed by atoms with Gasteiger partial charge in [-0.25, -0.2) is 5.06 Å². The molecular formula is C12H25NO2. The Morgan fingerprint density at radius 2 is 1.93 bits per heavy atom. The monoisotopic (exact) mass is 215 g/mol. The van der Waals surface area contributed by atoms with Gasteiger partial charge >= 0.3 is 0 Å². The van der Waals surface area contributed by atoms with E-state index >= 15 is 0 Å². The third kappa shape index (κ3) is 6.50. The molecule has 3 nitrogen and oxygen atoms in total. The van der Waals surface area contributed by atoms with Gasteiger partial charge in [-0.2, -0.15) is 0 Å². The molecule has 0 saturated heterocycles. The summed E-state index contributed by atoms with van der Waals surface area (Å²) in [6.45, 7) is 6.76. The van der Waals surface area contributed by atoms with Crippen LogP contribution in [0.4, 0.5) is 0 Å². The smallest absolute Gasteiger partial charge is 0.245 e. The number of hydrogen-bond acceptors (Lipinski definition) is 2. The molecule has 0 atom stereocenters. The highest BCUT2D eigenvalue weighted by Crippen LogP contribution is 2.27. The van der Waals surface area contributed by atoms with Crippen molar-refractivity contribution in [1.29, 1.82) is 0 Å². The van der Waals surface area contributed by atoms with Gasteiger partial charge in [-0.1, -0.05) is 33.6 Å². The summed E-state index contributed by atoms with van der Waals surface area (Å²) < 4.78 is 0. The van der Waals surface area contributed by atoms with Crippen molar-refractivity contribution in [3.05, 3.63) is 0 Å². The summed E-state index contributed by atoms with van der Waals surface area (Å²) in [5, 5.41) is 1.30. The van der Waals surface area contributed by atoms with Crippen LogP contribution in [-0.4, -0.2) is 25.1 Å². The summed E-state index contributed by atoms with van der Waals surface area (Å²) in [6, 6.07) is 0. The maximum atomic E-state index is 11.4. The van der Waals surface area contributed by atoms with E-state index in [1.807, 2.05) is 0 Å². The lowest BCUT2D eigenvalue weighted by Gasteiger charge is -2.22. The summed E-state index contributed by atoms with van der Waals surface area (Å²) in [4.78, 5) is 16.2. The molecule has 0 radical (unpaired) electrons. The second-order valence-corrected chi connectivity index (χ2v) is 4.80. The van der Waals surface area contributed by atoms with Gasteiger partial charge in [-0.15, -0.1) is 0 Å². The number of hydroxylamine groups is 2. The number of amides is 1. The number of rotatable bonds is 7. The molecule has 0 saturated carbocycles. The fraction of sp³-hybridized carbons (Fsp3) is 0.917. The zero-order valence-electron chi connectivity index (χ0n) is 10.8. The van der Waals surface area contributed by atoms with Crippen LogP contribution in [0.1, 0.15) is 52.9 Å². The van der Waals surface area contributed by atoms with Gasteiger partial charge in [0.25, 0.3) is 0 Å². The van der Waals surface area contributed by atoms with Gasteiger partial charge < -0.3 is 0 Å². The largest absolute Gasteiger partial charge is 0.275 e. The van der Waals surface area contributed by atoms with E-state index in [0.29, 0.717) is 11.8 Å². The van der Waals surface area contributed by atoms with Crippen molar-refractivity contribution in [3.8, 4) is 0 Å². The average Bonchev–Trinajstić information content (AvgIpc) is 2.22. The molecule has 0 aromatic rings. The van der Waals surface area contributed by atoms with Crippen molar-refractivity contribution in [3.63, 3.8) is 0 Å². The molecular weight excluding hydrogens is 190 g/mol. The second-order valence-electron chi connectivity index (χ2n) is 4.80. The summed E-state index contributed by atoms with van der Waals surface area (Å²) in [7, 11) is 3.16. The Kier molecular flexibility index (Phi) is 6.57. The Morgan fingerprint density at radius 3 is 2.40 bits per heavy atom. The molecule has 1 amide bonds. The first kappa shape index (κ1) is 14.4. The van der Waals surface area contributed by atoms with E-state index in [9.17, 15) is 4.79 Å². The standard InChI is InChI=1S/C12H25NO2/c1-6-12(2,3)10-8-7-9-11(14)13(4)15-5/h6-10H2,1-5H3. The Hall–Kier alpha value is -0.570. The van der Waals surface area contributed by atoms with Gasteiger partial charge in [-0.3, -0.25) is 9.63 Å². The molecule has 0 aliphatic carbocycles. The van der Waals surface area contributed by atoms with Crippen LogP contribution in [0.25, 0.3) is 0 Å². The quantitative estimate of drug-likeness (QED) is 0.482. The highest BCUT2D eigenvalue weighted by atomic mass is 16.7. The molecule has 0 aromatic heterocycles. The maximum absolute atomic E-state index is 11.4. The molecule has 0 aliphatic heterocycles. The fourth-order valence-corrected chi connectivity index (χ4v) is 1.32. The summed E-state index contributed by atoms with van der Waals surface area (Å²) in [5.41, 5.74) is 0.413. The predicted octanol–water partition coefficient (Wildman–Crippen LogP) is 3.00. The van der Waals surface area contributed by atoms with E-state index in [0.717, 1.165) is 12.8 Å². The topological polar surface area (TPSA) is 29.5 Å². The number of nitrogens with zero attached hydrogens (tertiary/aromatic N) is 1. The third-order valence-electron chi connectivity index (χ3n) is 3.08. The van der Waals surface area contributed by atoms with E-state index in [1.165, 1.54) is 25.0 Å². The second kappa shape index (κ2) is 6.83. The molecule has 0 N–H and O–H groups in total. The zero-order chi connectivity index (χ0) is 11.9. The van der Waals surface area contributed by atoms with Gasteiger partial charge in [0.2, 0.25) is 5.91 Å². The number of unbranched alkanes of at least 4 members (excludes halogenated alkanes) is 1. The van der Waals surface area contributed by atoms with E-state index in [1.54, 1.807) is 7.05 Å². The molecule has 0 unspecified atom stereocenters. The first-order valence-electron chi connectivity index (χ1n) is 5.73. The molecule has 0 spiro atoms. The molecule has 90 valence electrons. The first-order valence-corrected chi connectivity index (χ1v) is 5.73. The Bertz CT molecular complexity index is 190. The van der Waals surface area contributed by atoms with Crippen molar-refractivity contribution >= 4 is 5.91 Å². The lowest BCUT2D eigenvalue weighted by molar-refractivity contribution is -0.168. The minimum Gasteiger partial charge on any atom is -0.275 e. The van der Waals surface area contributed by atoms with Crippen molar-refractivity contribution in [2.75, 3.05) is 14.2 Å². The Labute approximate surface area is 93.7 Å². The van der Waals surface area contributed by atoms with Crippen LogP contribution in [0.3, 0.4) is 0 Å². The van der Waals surface area contributed by atoms with Crippen LogP contribution in [0.2, 0.25) is 0 Å². The number of hydrogen-bond donors (Lipinski definition) is 0. The highest BCUT2D eigenvalue weighted by molar-refractivity contribution is 5.74. The van der Waals surface area contributed by atoms with Crippen LogP contribution in [0, 0.1) is 5.41 Å². The molecule has 0 aliphatic rings. The normalized spacial score (nSPS) is 11.5. The number of carbonyl (C=O) groups excluding carboxylic acids is 1.